The summed E-state index contributed by atoms with van der Waals surface area (Å²) in [6.07, 6.45) is 4.58. The summed E-state index contributed by atoms with van der Waals surface area (Å²) in [6.45, 7) is 1.62. The van der Waals surface area contributed by atoms with Crippen molar-refractivity contribution in [3.05, 3.63) is 141 Å². The summed E-state index contributed by atoms with van der Waals surface area (Å²) < 4.78 is 31.4. The minimum absolute atomic E-state index is 0.0745. The number of aromatic nitrogens is 2. The lowest BCUT2D eigenvalue weighted by molar-refractivity contribution is -0.118. The number of nitrogens with two attached hydrogens (primary N) is 1. The number of fused-ring (bicyclic) bond motifs is 1. The first-order valence-electron chi connectivity index (χ1n) is 14.4. The Morgan fingerprint density at radius 1 is 0.977 bits per heavy atom. The van der Waals surface area contributed by atoms with E-state index in [0.717, 1.165) is 18.4 Å². The van der Waals surface area contributed by atoms with Gasteiger partial charge in [0, 0.05) is 29.6 Å². The summed E-state index contributed by atoms with van der Waals surface area (Å²) in [7, 11) is 0. The molecule has 0 saturated heterocycles. The molecule has 3 N–H and O–H groups in total. The molecule has 5 aromatic rings. The molecule has 2 heterocycles. The standard InChI is InChI=1S/C35H30F2N4O3/c1-20-30(34(43)40-33(22-12-13-22)23-9-5-10-24(36)17-23)31-26(27(18-29(38)42)21-7-3-2-4-8-21)14-15-28(37)32(31)35(44)41(20)25-11-6-16-39-19-25/h2-11,14-17,19,22,27,33H,12-13,18H2,1H3,(H2,38,42)(H,40,43)/t27-,33-/m0/s1. The number of amides is 2. The zero-order valence-electron chi connectivity index (χ0n) is 24.0. The molecule has 44 heavy (non-hydrogen) atoms. The van der Waals surface area contributed by atoms with E-state index in [9.17, 15) is 18.8 Å². The van der Waals surface area contributed by atoms with E-state index in [0.29, 0.717) is 16.8 Å². The van der Waals surface area contributed by atoms with E-state index < -0.39 is 41.0 Å². The molecule has 1 saturated carbocycles. The van der Waals surface area contributed by atoms with Gasteiger partial charge in [0.05, 0.1) is 28.9 Å². The predicted molar refractivity (Wildman–Crippen MR) is 163 cm³/mol. The van der Waals surface area contributed by atoms with E-state index >= 15 is 4.39 Å². The fourth-order valence-electron chi connectivity index (χ4n) is 6.10. The Morgan fingerprint density at radius 3 is 2.39 bits per heavy atom. The normalized spacial score (nSPS) is 14.2. The van der Waals surface area contributed by atoms with Crippen LogP contribution in [0.5, 0.6) is 0 Å². The molecule has 1 aliphatic rings. The van der Waals surface area contributed by atoms with Gasteiger partial charge in [-0.15, -0.1) is 0 Å². The van der Waals surface area contributed by atoms with Crippen molar-refractivity contribution in [1.82, 2.24) is 14.9 Å². The average molecular weight is 593 g/mol. The third-order valence-corrected chi connectivity index (χ3v) is 8.25. The van der Waals surface area contributed by atoms with Gasteiger partial charge in [-0.2, -0.15) is 0 Å². The Labute approximate surface area is 252 Å². The second-order valence-corrected chi connectivity index (χ2v) is 11.2. The van der Waals surface area contributed by atoms with Crippen LogP contribution in [0.1, 0.15) is 64.0 Å². The Hall–Kier alpha value is -5.18. The SMILES string of the molecule is Cc1c(C(=O)N[C@H](c2cccc(F)c2)C2CC2)c2c([C@@H](CC(N)=O)c3ccccc3)ccc(F)c2c(=O)n1-c1cccnc1. The summed E-state index contributed by atoms with van der Waals surface area (Å²) in [6, 6.07) is 20.7. The van der Waals surface area contributed by atoms with Gasteiger partial charge in [0.2, 0.25) is 5.91 Å². The lowest BCUT2D eigenvalue weighted by atomic mass is 9.83. The Bertz CT molecular complexity index is 1940. The molecule has 1 fully saturated rings. The van der Waals surface area contributed by atoms with Gasteiger partial charge in [-0.3, -0.25) is 23.9 Å². The molecule has 3 aromatic carbocycles. The number of hydrogen-bond acceptors (Lipinski definition) is 4. The first kappa shape index (κ1) is 28.9. The Morgan fingerprint density at radius 2 is 1.73 bits per heavy atom. The van der Waals surface area contributed by atoms with Crippen LogP contribution >= 0.6 is 0 Å². The minimum atomic E-state index is -0.810. The van der Waals surface area contributed by atoms with E-state index in [1.54, 1.807) is 37.4 Å². The highest BCUT2D eigenvalue weighted by Gasteiger charge is 2.36. The highest BCUT2D eigenvalue weighted by Crippen LogP contribution is 2.42. The molecule has 0 bridgehead atoms. The third-order valence-electron chi connectivity index (χ3n) is 8.25. The molecule has 0 unspecified atom stereocenters. The molecule has 6 rings (SSSR count). The molecule has 0 radical (unpaired) electrons. The molecule has 2 atom stereocenters. The molecule has 9 heteroatoms. The number of carbonyl (C=O) groups excluding carboxylic acids is 2. The number of carbonyl (C=O) groups is 2. The largest absolute Gasteiger partial charge is 0.370 e. The van der Waals surface area contributed by atoms with Crippen molar-refractivity contribution in [1.29, 1.82) is 0 Å². The smallest absolute Gasteiger partial charge is 0.266 e. The first-order chi connectivity index (χ1) is 21.2. The lowest BCUT2D eigenvalue weighted by Crippen LogP contribution is -2.34. The zero-order valence-corrected chi connectivity index (χ0v) is 24.0. The highest BCUT2D eigenvalue weighted by atomic mass is 19.1. The highest BCUT2D eigenvalue weighted by molar-refractivity contribution is 6.09. The number of nitrogens with one attached hydrogen (secondary N) is 1. The van der Waals surface area contributed by atoms with E-state index in [1.807, 2.05) is 30.3 Å². The second kappa shape index (κ2) is 11.8. The maximum atomic E-state index is 15.8. The minimum Gasteiger partial charge on any atom is -0.370 e. The molecular weight excluding hydrogens is 562 g/mol. The van der Waals surface area contributed by atoms with E-state index in [2.05, 4.69) is 10.3 Å². The molecule has 2 amide bonds. The van der Waals surface area contributed by atoms with Crippen LogP contribution in [0.25, 0.3) is 16.5 Å². The van der Waals surface area contributed by atoms with Crippen LogP contribution in [0.2, 0.25) is 0 Å². The third kappa shape index (κ3) is 5.48. The van der Waals surface area contributed by atoms with E-state index in [4.69, 9.17) is 5.73 Å². The number of primary amides is 1. The van der Waals surface area contributed by atoms with Crippen LogP contribution < -0.4 is 16.6 Å². The number of halogens is 2. The molecule has 7 nitrogen and oxygen atoms in total. The van der Waals surface area contributed by atoms with Crippen LogP contribution in [-0.4, -0.2) is 21.4 Å². The number of hydrogen-bond donors (Lipinski definition) is 2. The molecular formula is C35H30F2N4O3. The molecule has 222 valence electrons. The summed E-state index contributed by atoms with van der Waals surface area (Å²) in [5.41, 5.74) is 7.47. The number of rotatable bonds is 9. The number of nitrogens with zero attached hydrogens (tertiary/aromatic N) is 2. The fraction of sp³-hybridized carbons (Fsp3) is 0.200. The topological polar surface area (TPSA) is 107 Å². The quantitative estimate of drug-likeness (QED) is 0.224. The second-order valence-electron chi connectivity index (χ2n) is 11.2. The van der Waals surface area contributed by atoms with Gasteiger partial charge in [0.15, 0.2) is 0 Å². The summed E-state index contributed by atoms with van der Waals surface area (Å²) >= 11 is 0. The summed E-state index contributed by atoms with van der Waals surface area (Å²) in [4.78, 5) is 45.0. The summed E-state index contributed by atoms with van der Waals surface area (Å²) in [5, 5.41) is 2.90. The average Bonchev–Trinajstić information content (AvgIpc) is 3.85. The van der Waals surface area contributed by atoms with Gasteiger partial charge in [-0.25, -0.2) is 8.78 Å². The summed E-state index contributed by atoms with van der Waals surface area (Å²) in [5.74, 6) is -2.95. The van der Waals surface area contributed by atoms with Crippen LogP contribution in [0.15, 0.2) is 96.1 Å². The molecule has 0 aliphatic heterocycles. The Kier molecular flexibility index (Phi) is 7.78. The van der Waals surface area contributed by atoms with Crippen molar-refractivity contribution in [2.24, 2.45) is 11.7 Å². The van der Waals surface area contributed by atoms with E-state index in [-0.39, 0.29) is 34.4 Å². The monoisotopic (exact) mass is 592 g/mol. The first-order valence-corrected chi connectivity index (χ1v) is 14.4. The zero-order chi connectivity index (χ0) is 31.0. The number of pyridine rings is 2. The van der Waals surface area contributed by atoms with Gasteiger partial charge < -0.3 is 11.1 Å². The predicted octanol–water partition coefficient (Wildman–Crippen LogP) is 5.86. The van der Waals surface area contributed by atoms with Gasteiger partial charge in [-0.05, 0) is 72.7 Å². The lowest BCUT2D eigenvalue weighted by Gasteiger charge is -2.25. The molecule has 0 spiro atoms. The van der Waals surface area contributed by atoms with Gasteiger partial charge in [0.1, 0.15) is 11.6 Å². The van der Waals surface area contributed by atoms with Crippen molar-refractivity contribution in [2.45, 2.75) is 38.1 Å². The van der Waals surface area contributed by atoms with Crippen molar-refractivity contribution >= 4 is 22.6 Å². The Balaban J connectivity index is 1.64. The van der Waals surface area contributed by atoms with Gasteiger partial charge in [0.25, 0.3) is 11.5 Å². The van der Waals surface area contributed by atoms with Crippen molar-refractivity contribution < 1.29 is 18.4 Å². The van der Waals surface area contributed by atoms with Crippen molar-refractivity contribution in [2.75, 3.05) is 0 Å². The maximum absolute atomic E-state index is 15.8. The van der Waals surface area contributed by atoms with Crippen LogP contribution in [0, 0.1) is 24.5 Å². The van der Waals surface area contributed by atoms with Crippen molar-refractivity contribution in [3.8, 4) is 5.69 Å². The van der Waals surface area contributed by atoms with Crippen LogP contribution in [0.3, 0.4) is 0 Å². The fourth-order valence-corrected chi connectivity index (χ4v) is 6.10. The molecule has 2 aromatic heterocycles. The van der Waals surface area contributed by atoms with Gasteiger partial charge >= 0.3 is 0 Å². The van der Waals surface area contributed by atoms with Crippen LogP contribution in [-0.2, 0) is 4.79 Å². The van der Waals surface area contributed by atoms with Gasteiger partial charge in [-0.1, -0.05) is 48.5 Å². The van der Waals surface area contributed by atoms with Crippen LogP contribution in [0.4, 0.5) is 8.78 Å². The molecule has 1 aliphatic carbocycles. The van der Waals surface area contributed by atoms with Crippen molar-refractivity contribution in [3.63, 3.8) is 0 Å². The van der Waals surface area contributed by atoms with E-state index in [1.165, 1.54) is 35.0 Å². The number of benzene rings is 3. The maximum Gasteiger partial charge on any atom is 0.266 e.